The number of aromatic nitrogens is 5. The first-order valence-corrected chi connectivity index (χ1v) is 8.98. The fourth-order valence-electron chi connectivity index (χ4n) is 2.44. The second-order valence-corrected chi connectivity index (χ2v) is 7.37. The van der Waals surface area contributed by atoms with Crippen molar-refractivity contribution in [1.82, 2.24) is 24.7 Å². The number of aryl methyl sites for hydroxylation is 1. The Morgan fingerprint density at radius 1 is 1.12 bits per heavy atom. The van der Waals surface area contributed by atoms with Gasteiger partial charge in [-0.05, 0) is 31.5 Å². The molecule has 122 valence electrons. The van der Waals surface area contributed by atoms with E-state index in [4.69, 9.17) is 11.6 Å². The number of benzene rings is 1. The lowest BCUT2D eigenvalue weighted by Crippen LogP contribution is -1.97. The molecule has 0 bridgehead atoms. The molecular weight excluding hydrogens is 342 g/mol. The van der Waals surface area contributed by atoms with E-state index in [-0.39, 0.29) is 0 Å². The van der Waals surface area contributed by atoms with Crippen molar-refractivity contribution in [1.29, 1.82) is 0 Å². The molecule has 3 aromatic rings. The molecule has 4 rings (SSSR count). The number of nitrogens with zero attached hydrogens (tertiary/aromatic N) is 5. The minimum Gasteiger partial charge on any atom is -0.305 e. The summed E-state index contributed by atoms with van der Waals surface area (Å²) >= 11 is 7.60. The summed E-state index contributed by atoms with van der Waals surface area (Å²) < 4.78 is 1.97. The SMILES string of the molecule is Cc1ccc(-c2nnc(Sc3cc(Cl)nc(C4CC4)n3)n2C)cc1. The molecule has 0 radical (unpaired) electrons. The standard InChI is InChI=1S/C17H16ClN5S/c1-10-3-5-12(6-4-10)16-21-22-17(23(16)2)24-14-9-13(18)19-15(20-14)11-7-8-11/h3-6,9,11H,7-8H2,1-2H3. The number of hydrogen-bond acceptors (Lipinski definition) is 5. The van der Waals surface area contributed by atoms with E-state index in [9.17, 15) is 0 Å². The highest BCUT2D eigenvalue weighted by atomic mass is 35.5. The lowest BCUT2D eigenvalue weighted by atomic mass is 10.1. The van der Waals surface area contributed by atoms with Crippen LogP contribution in [0.15, 0.2) is 40.5 Å². The van der Waals surface area contributed by atoms with Crippen LogP contribution in [0, 0.1) is 6.92 Å². The summed E-state index contributed by atoms with van der Waals surface area (Å²) in [6.07, 6.45) is 2.29. The van der Waals surface area contributed by atoms with Gasteiger partial charge in [-0.15, -0.1) is 10.2 Å². The van der Waals surface area contributed by atoms with E-state index in [0.29, 0.717) is 11.1 Å². The average molecular weight is 358 g/mol. The summed E-state index contributed by atoms with van der Waals surface area (Å²) in [5.74, 6) is 2.14. The Morgan fingerprint density at radius 2 is 1.88 bits per heavy atom. The normalized spacial score (nSPS) is 14.1. The van der Waals surface area contributed by atoms with E-state index >= 15 is 0 Å². The lowest BCUT2D eigenvalue weighted by Gasteiger charge is -2.05. The molecule has 1 saturated carbocycles. The van der Waals surface area contributed by atoms with E-state index in [1.165, 1.54) is 17.3 Å². The molecular formula is C17H16ClN5S. The first-order chi connectivity index (χ1) is 11.6. The highest BCUT2D eigenvalue weighted by Gasteiger charge is 2.27. The predicted octanol–water partition coefficient (Wildman–Crippen LogP) is 4.26. The third-order valence-electron chi connectivity index (χ3n) is 3.97. The molecule has 1 aliphatic carbocycles. The van der Waals surface area contributed by atoms with Gasteiger partial charge in [0.15, 0.2) is 11.0 Å². The highest BCUT2D eigenvalue weighted by Crippen LogP contribution is 2.39. The monoisotopic (exact) mass is 357 g/mol. The van der Waals surface area contributed by atoms with Gasteiger partial charge in [-0.2, -0.15) is 0 Å². The van der Waals surface area contributed by atoms with Gasteiger partial charge in [0.25, 0.3) is 0 Å². The van der Waals surface area contributed by atoms with E-state index < -0.39 is 0 Å². The van der Waals surface area contributed by atoms with Crippen molar-refractivity contribution in [2.45, 2.75) is 35.9 Å². The van der Waals surface area contributed by atoms with Gasteiger partial charge in [0.05, 0.1) is 0 Å². The number of halogens is 1. The van der Waals surface area contributed by atoms with E-state index in [2.05, 4.69) is 51.4 Å². The zero-order chi connectivity index (χ0) is 16.7. The molecule has 2 aromatic heterocycles. The van der Waals surface area contributed by atoms with Crippen LogP contribution in [0.1, 0.15) is 30.1 Å². The molecule has 0 N–H and O–H groups in total. The van der Waals surface area contributed by atoms with Crippen LogP contribution >= 0.6 is 23.4 Å². The van der Waals surface area contributed by atoms with Crippen molar-refractivity contribution in [3.63, 3.8) is 0 Å². The summed E-state index contributed by atoms with van der Waals surface area (Å²) in [7, 11) is 1.96. The highest BCUT2D eigenvalue weighted by molar-refractivity contribution is 7.99. The molecule has 0 spiro atoms. The maximum absolute atomic E-state index is 6.14. The fourth-order valence-corrected chi connectivity index (χ4v) is 3.50. The topological polar surface area (TPSA) is 56.5 Å². The molecule has 0 saturated heterocycles. The molecule has 7 heteroatoms. The fraction of sp³-hybridized carbons (Fsp3) is 0.294. The van der Waals surface area contributed by atoms with Crippen LogP contribution in [0.2, 0.25) is 5.15 Å². The summed E-state index contributed by atoms with van der Waals surface area (Å²) in [6.45, 7) is 2.07. The van der Waals surface area contributed by atoms with Crippen LogP contribution in [0.3, 0.4) is 0 Å². The second kappa shape index (κ2) is 6.18. The Bertz CT molecular complexity index is 886. The lowest BCUT2D eigenvalue weighted by molar-refractivity contribution is 0.789. The minimum atomic E-state index is 0.464. The third kappa shape index (κ3) is 3.16. The average Bonchev–Trinajstić information content (AvgIpc) is 3.34. The van der Waals surface area contributed by atoms with Gasteiger partial charge >= 0.3 is 0 Å². The Balaban J connectivity index is 1.63. The Kier molecular flexibility index (Phi) is 4.02. The van der Waals surface area contributed by atoms with Gasteiger partial charge in [-0.1, -0.05) is 41.4 Å². The molecule has 1 aromatic carbocycles. The Labute approximate surface area is 149 Å². The van der Waals surface area contributed by atoms with Crippen LogP contribution in [-0.2, 0) is 7.05 Å². The smallest absolute Gasteiger partial charge is 0.197 e. The Hall–Kier alpha value is -1.92. The number of hydrogen-bond donors (Lipinski definition) is 0. The molecule has 0 amide bonds. The molecule has 24 heavy (non-hydrogen) atoms. The van der Waals surface area contributed by atoms with E-state index in [1.54, 1.807) is 6.07 Å². The van der Waals surface area contributed by atoms with Gasteiger partial charge in [0.2, 0.25) is 0 Å². The molecule has 0 aliphatic heterocycles. The van der Waals surface area contributed by atoms with Crippen molar-refractivity contribution < 1.29 is 0 Å². The zero-order valence-corrected chi connectivity index (χ0v) is 15.0. The molecule has 1 aliphatic rings. The van der Waals surface area contributed by atoms with Gasteiger partial charge in [0.1, 0.15) is 16.0 Å². The van der Waals surface area contributed by atoms with E-state index in [1.807, 2.05) is 11.6 Å². The quantitative estimate of drug-likeness (QED) is 0.653. The minimum absolute atomic E-state index is 0.464. The molecule has 2 heterocycles. The van der Waals surface area contributed by atoms with E-state index in [0.717, 1.165) is 40.2 Å². The van der Waals surface area contributed by atoms with Crippen molar-refractivity contribution in [3.8, 4) is 11.4 Å². The summed E-state index contributed by atoms with van der Waals surface area (Å²) in [4.78, 5) is 8.93. The first kappa shape index (κ1) is 15.6. The van der Waals surface area contributed by atoms with Crippen molar-refractivity contribution in [3.05, 3.63) is 46.9 Å². The van der Waals surface area contributed by atoms with Gasteiger partial charge in [-0.3, -0.25) is 0 Å². The van der Waals surface area contributed by atoms with Crippen LogP contribution in [0.25, 0.3) is 11.4 Å². The van der Waals surface area contributed by atoms with Crippen LogP contribution < -0.4 is 0 Å². The molecule has 1 fully saturated rings. The first-order valence-electron chi connectivity index (χ1n) is 7.79. The van der Waals surface area contributed by atoms with Crippen LogP contribution in [-0.4, -0.2) is 24.7 Å². The molecule has 0 atom stereocenters. The molecule has 0 unspecified atom stereocenters. The molecule has 5 nitrogen and oxygen atoms in total. The van der Waals surface area contributed by atoms with Gasteiger partial charge in [-0.25, -0.2) is 9.97 Å². The van der Waals surface area contributed by atoms with Gasteiger partial charge < -0.3 is 4.57 Å². The summed E-state index contributed by atoms with van der Waals surface area (Å²) in [5, 5.41) is 10.7. The van der Waals surface area contributed by atoms with Crippen LogP contribution in [0.4, 0.5) is 0 Å². The third-order valence-corrected chi connectivity index (χ3v) is 5.12. The van der Waals surface area contributed by atoms with Crippen LogP contribution in [0.5, 0.6) is 0 Å². The van der Waals surface area contributed by atoms with Crippen molar-refractivity contribution in [2.24, 2.45) is 7.05 Å². The summed E-state index contributed by atoms with van der Waals surface area (Å²) in [6, 6.07) is 10.0. The zero-order valence-electron chi connectivity index (χ0n) is 13.4. The number of rotatable bonds is 4. The Morgan fingerprint density at radius 3 is 2.58 bits per heavy atom. The largest absolute Gasteiger partial charge is 0.305 e. The maximum atomic E-state index is 6.14. The predicted molar refractivity (Wildman–Crippen MR) is 94.3 cm³/mol. The van der Waals surface area contributed by atoms with Crippen molar-refractivity contribution in [2.75, 3.05) is 0 Å². The van der Waals surface area contributed by atoms with Gasteiger partial charge in [0, 0.05) is 24.6 Å². The van der Waals surface area contributed by atoms with Crippen molar-refractivity contribution >= 4 is 23.4 Å². The second-order valence-electron chi connectivity index (χ2n) is 5.99. The summed E-state index contributed by atoms with van der Waals surface area (Å²) in [5.41, 5.74) is 2.26. The maximum Gasteiger partial charge on any atom is 0.197 e.